The molecule has 1 rings (SSSR count). The highest BCUT2D eigenvalue weighted by molar-refractivity contribution is 5.82. The van der Waals surface area contributed by atoms with E-state index in [1.54, 1.807) is 0 Å². The van der Waals surface area contributed by atoms with Gasteiger partial charge in [-0.05, 0) is 25.8 Å². The van der Waals surface area contributed by atoms with Gasteiger partial charge in [0.2, 0.25) is 5.91 Å². The number of nitrogens with zero attached hydrogens (tertiary/aromatic N) is 1. The van der Waals surface area contributed by atoms with Gasteiger partial charge in [0.15, 0.2) is 0 Å². The van der Waals surface area contributed by atoms with Crippen molar-refractivity contribution >= 4 is 5.91 Å². The first kappa shape index (κ1) is 12.5. The largest absolute Gasteiger partial charge is 0.342 e. The van der Waals surface area contributed by atoms with Crippen LogP contribution in [-0.4, -0.2) is 30.4 Å². The van der Waals surface area contributed by atoms with Crippen LogP contribution in [-0.2, 0) is 4.79 Å². The van der Waals surface area contributed by atoms with E-state index in [0.717, 1.165) is 6.42 Å². The number of hydrogen-bond donors (Lipinski definition) is 1. The van der Waals surface area contributed by atoms with Crippen LogP contribution < -0.4 is 5.73 Å². The Bertz CT molecular complexity index is 220. The van der Waals surface area contributed by atoms with Crippen molar-refractivity contribution in [3.63, 3.8) is 0 Å². The van der Waals surface area contributed by atoms with Gasteiger partial charge in [0.25, 0.3) is 0 Å². The molecule has 1 fully saturated rings. The van der Waals surface area contributed by atoms with E-state index in [-0.39, 0.29) is 11.3 Å². The second-order valence-electron chi connectivity index (χ2n) is 5.28. The third-order valence-corrected chi connectivity index (χ3v) is 3.54. The Balaban J connectivity index is 2.57. The van der Waals surface area contributed by atoms with Crippen LogP contribution in [0.3, 0.4) is 0 Å². The Morgan fingerprint density at radius 1 is 1.40 bits per heavy atom. The minimum atomic E-state index is -0.300. The molecule has 2 N–H and O–H groups in total. The monoisotopic (exact) mass is 212 g/mol. The Labute approximate surface area is 93.0 Å². The molecule has 0 aromatic rings. The fourth-order valence-electron chi connectivity index (χ4n) is 2.40. The maximum absolute atomic E-state index is 12.2. The first-order chi connectivity index (χ1) is 6.99. The fourth-order valence-corrected chi connectivity index (χ4v) is 2.40. The van der Waals surface area contributed by atoms with Crippen LogP contribution in [0.15, 0.2) is 0 Å². The number of carbonyl (C=O) groups is 1. The molecular formula is C12H24N2O. The Morgan fingerprint density at radius 2 is 1.93 bits per heavy atom. The molecule has 1 amide bonds. The summed E-state index contributed by atoms with van der Waals surface area (Å²) in [6.45, 7) is 4.57. The lowest BCUT2D eigenvalue weighted by Crippen LogP contribution is -2.44. The van der Waals surface area contributed by atoms with Gasteiger partial charge in [-0.25, -0.2) is 0 Å². The van der Waals surface area contributed by atoms with Crippen molar-refractivity contribution in [1.29, 1.82) is 0 Å². The predicted molar refractivity (Wildman–Crippen MR) is 62.5 cm³/mol. The first-order valence-electron chi connectivity index (χ1n) is 5.96. The summed E-state index contributed by atoms with van der Waals surface area (Å²) >= 11 is 0. The summed E-state index contributed by atoms with van der Waals surface area (Å²) in [5, 5.41) is 0. The summed E-state index contributed by atoms with van der Waals surface area (Å²) < 4.78 is 0. The first-order valence-corrected chi connectivity index (χ1v) is 5.96. The molecule has 0 radical (unpaired) electrons. The molecule has 1 aliphatic carbocycles. The molecule has 0 unspecified atom stereocenters. The predicted octanol–water partition coefficient (Wildman–Crippen LogP) is 1.76. The number of carbonyl (C=O) groups excluding carboxylic acids is 1. The van der Waals surface area contributed by atoms with Crippen molar-refractivity contribution in [2.24, 2.45) is 11.1 Å². The van der Waals surface area contributed by atoms with Gasteiger partial charge in [-0.2, -0.15) is 0 Å². The highest BCUT2D eigenvalue weighted by Crippen LogP contribution is 2.28. The number of hydrogen-bond acceptors (Lipinski definition) is 2. The van der Waals surface area contributed by atoms with Crippen LogP contribution in [0.1, 0.15) is 46.0 Å². The molecule has 0 aliphatic heterocycles. The summed E-state index contributed by atoms with van der Waals surface area (Å²) in [6.07, 6.45) is 5.63. The standard InChI is InChI=1S/C12H24N2O/c1-12(2,8-9-13)11(15)14(3)10-6-4-5-7-10/h10H,4-9,13H2,1-3H3. The molecule has 1 saturated carbocycles. The minimum Gasteiger partial charge on any atom is -0.342 e. The zero-order valence-electron chi connectivity index (χ0n) is 10.3. The topological polar surface area (TPSA) is 46.3 Å². The zero-order chi connectivity index (χ0) is 11.5. The molecule has 0 heterocycles. The van der Waals surface area contributed by atoms with E-state index in [4.69, 9.17) is 5.73 Å². The van der Waals surface area contributed by atoms with E-state index < -0.39 is 0 Å². The highest BCUT2D eigenvalue weighted by atomic mass is 16.2. The van der Waals surface area contributed by atoms with Crippen molar-refractivity contribution in [1.82, 2.24) is 4.90 Å². The molecule has 3 nitrogen and oxygen atoms in total. The van der Waals surface area contributed by atoms with Crippen molar-refractivity contribution < 1.29 is 4.79 Å². The van der Waals surface area contributed by atoms with Gasteiger partial charge in [-0.1, -0.05) is 26.7 Å². The Morgan fingerprint density at radius 3 is 2.40 bits per heavy atom. The SMILES string of the molecule is CN(C(=O)C(C)(C)CCN)C1CCCC1. The van der Waals surface area contributed by atoms with E-state index in [2.05, 4.69) is 0 Å². The maximum Gasteiger partial charge on any atom is 0.228 e. The van der Waals surface area contributed by atoms with Gasteiger partial charge in [0.05, 0.1) is 0 Å². The minimum absolute atomic E-state index is 0.250. The van der Waals surface area contributed by atoms with Crippen molar-refractivity contribution in [3.8, 4) is 0 Å². The average Bonchev–Trinajstić information content (AvgIpc) is 2.68. The summed E-state index contributed by atoms with van der Waals surface area (Å²) in [5.74, 6) is 0.250. The molecular weight excluding hydrogens is 188 g/mol. The quantitative estimate of drug-likeness (QED) is 0.772. The molecule has 0 atom stereocenters. The average molecular weight is 212 g/mol. The smallest absolute Gasteiger partial charge is 0.228 e. The number of amides is 1. The molecule has 0 spiro atoms. The lowest BCUT2D eigenvalue weighted by Gasteiger charge is -2.33. The molecule has 3 heteroatoms. The molecule has 0 saturated heterocycles. The van der Waals surface area contributed by atoms with Crippen LogP contribution in [0.4, 0.5) is 0 Å². The summed E-state index contributed by atoms with van der Waals surface area (Å²) in [7, 11) is 1.94. The van der Waals surface area contributed by atoms with E-state index in [1.807, 2.05) is 25.8 Å². The summed E-state index contributed by atoms with van der Waals surface area (Å²) in [5.41, 5.74) is 5.24. The second-order valence-corrected chi connectivity index (χ2v) is 5.28. The van der Waals surface area contributed by atoms with E-state index >= 15 is 0 Å². The lowest BCUT2D eigenvalue weighted by atomic mass is 9.87. The molecule has 0 aromatic heterocycles. The van der Waals surface area contributed by atoms with Gasteiger partial charge in [-0.3, -0.25) is 4.79 Å². The van der Waals surface area contributed by atoms with E-state index in [0.29, 0.717) is 12.6 Å². The fraction of sp³-hybridized carbons (Fsp3) is 0.917. The molecule has 1 aliphatic rings. The maximum atomic E-state index is 12.2. The lowest BCUT2D eigenvalue weighted by molar-refractivity contribution is -0.141. The number of rotatable bonds is 4. The summed E-state index contributed by atoms with van der Waals surface area (Å²) in [6, 6.07) is 0.467. The zero-order valence-corrected chi connectivity index (χ0v) is 10.3. The Kier molecular flexibility index (Phi) is 4.14. The highest BCUT2D eigenvalue weighted by Gasteiger charge is 2.33. The third-order valence-electron chi connectivity index (χ3n) is 3.54. The van der Waals surface area contributed by atoms with Crippen LogP contribution in [0.5, 0.6) is 0 Å². The van der Waals surface area contributed by atoms with Gasteiger partial charge in [0.1, 0.15) is 0 Å². The van der Waals surface area contributed by atoms with Crippen LogP contribution in [0.25, 0.3) is 0 Å². The van der Waals surface area contributed by atoms with Gasteiger partial charge < -0.3 is 10.6 Å². The third kappa shape index (κ3) is 2.94. The molecule has 0 bridgehead atoms. The normalized spacial score (nSPS) is 18.1. The summed E-state index contributed by atoms with van der Waals surface area (Å²) in [4.78, 5) is 14.2. The van der Waals surface area contributed by atoms with Gasteiger partial charge in [-0.15, -0.1) is 0 Å². The van der Waals surface area contributed by atoms with Crippen LogP contribution in [0, 0.1) is 5.41 Å². The number of nitrogens with two attached hydrogens (primary N) is 1. The van der Waals surface area contributed by atoms with E-state index in [1.165, 1.54) is 25.7 Å². The second kappa shape index (κ2) is 4.97. The van der Waals surface area contributed by atoms with Gasteiger partial charge in [0, 0.05) is 18.5 Å². The van der Waals surface area contributed by atoms with Gasteiger partial charge >= 0.3 is 0 Å². The van der Waals surface area contributed by atoms with Crippen LogP contribution >= 0.6 is 0 Å². The van der Waals surface area contributed by atoms with Crippen LogP contribution in [0.2, 0.25) is 0 Å². The van der Waals surface area contributed by atoms with Crippen molar-refractivity contribution in [3.05, 3.63) is 0 Å². The molecule has 15 heavy (non-hydrogen) atoms. The molecule has 88 valence electrons. The van der Waals surface area contributed by atoms with Crippen molar-refractivity contribution in [2.75, 3.05) is 13.6 Å². The van der Waals surface area contributed by atoms with Crippen molar-refractivity contribution in [2.45, 2.75) is 52.0 Å². The molecule has 0 aromatic carbocycles. The van der Waals surface area contributed by atoms with E-state index in [9.17, 15) is 4.79 Å². The Hall–Kier alpha value is -0.570.